The van der Waals surface area contributed by atoms with Gasteiger partial charge in [-0.3, -0.25) is 9.59 Å². The molecule has 4 heterocycles. The number of aromatic nitrogens is 6. The van der Waals surface area contributed by atoms with Crippen LogP contribution in [0.1, 0.15) is 13.0 Å². The molecule has 5 aromatic rings. The van der Waals surface area contributed by atoms with E-state index in [0.717, 1.165) is 10.2 Å². The summed E-state index contributed by atoms with van der Waals surface area (Å²) >= 11 is 0. The first-order valence-corrected chi connectivity index (χ1v) is 10.9. The molecule has 0 fully saturated rings. The van der Waals surface area contributed by atoms with Crippen molar-refractivity contribution in [2.24, 2.45) is 0 Å². The zero-order chi connectivity index (χ0) is 24.2. The zero-order valence-electron chi connectivity index (χ0n) is 18.7. The minimum Gasteiger partial charge on any atom is -0.475 e. The van der Waals surface area contributed by atoms with Crippen LogP contribution >= 0.6 is 0 Å². The van der Waals surface area contributed by atoms with Gasteiger partial charge in [-0.1, -0.05) is 30.3 Å². The van der Waals surface area contributed by atoms with E-state index in [0.29, 0.717) is 28.8 Å². The molecule has 0 radical (unpaired) electrons. The third-order valence-electron chi connectivity index (χ3n) is 5.27. The minimum absolute atomic E-state index is 0.175. The van der Waals surface area contributed by atoms with Crippen molar-refractivity contribution in [1.82, 2.24) is 34.9 Å². The monoisotopic (exact) mass is 471 g/mol. The van der Waals surface area contributed by atoms with Gasteiger partial charge in [0.25, 0.3) is 5.56 Å². The summed E-state index contributed by atoms with van der Waals surface area (Å²) in [6, 6.07) is 18.6. The van der Waals surface area contributed by atoms with Crippen LogP contribution in [0.4, 0.5) is 0 Å². The number of nitrogens with one attached hydrogen (secondary N) is 1. The number of hydrogen-bond acceptors (Lipinski definition) is 8. The fourth-order valence-corrected chi connectivity index (χ4v) is 3.46. The molecule has 35 heavy (non-hydrogen) atoms. The van der Waals surface area contributed by atoms with Crippen molar-refractivity contribution in [1.29, 1.82) is 0 Å². The Balaban J connectivity index is 1.20. The third kappa shape index (κ3) is 4.64. The second-order valence-electron chi connectivity index (χ2n) is 7.63. The Kier molecular flexibility index (Phi) is 6.03. The molecular weight excluding hydrogens is 450 g/mol. The zero-order valence-corrected chi connectivity index (χ0v) is 18.7. The first-order valence-electron chi connectivity index (χ1n) is 10.9. The van der Waals surface area contributed by atoms with Gasteiger partial charge in [0.1, 0.15) is 18.3 Å². The lowest BCUT2D eigenvalue weighted by atomic mass is 10.2. The lowest BCUT2D eigenvalue weighted by molar-refractivity contribution is -0.124. The van der Waals surface area contributed by atoms with Gasteiger partial charge in [-0.25, -0.2) is 4.68 Å². The molecule has 1 amide bonds. The Hall–Kier alpha value is -4.80. The Bertz CT molecular complexity index is 1510. The van der Waals surface area contributed by atoms with Crippen LogP contribution in [0.15, 0.2) is 82.2 Å². The Morgan fingerprint density at radius 3 is 2.69 bits per heavy atom. The quantitative estimate of drug-likeness (QED) is 0.342. The maximum Gasteiger partial charge on any atom is 0.267 e. The average molecular weight is 471 g/mol. The maximum absolute atomic E-state index is 12.6. The van der Waals surface area contributed by atoms with Crippen LogP contribution in [0.3, 0.4) is 0 Å². The standard InChI is InChI=1S/C24H21N7O4/c1-16(30-22(32)12-9-18(28-30)19-8-5-14-34-19)24(33)25-13-15-35-21-11-10-20-26-27-23(31(20)29-21)17-6-3-2-4-7-17/h2-12,14,16H,13,15H2,1H3,(H,25,33). The van der Waals surface area contributed by atoms with Crippen molar-refractivity contribution in [3.8, 4) is 28.7 Å². The van der Waals surface area contributed by atoms with E-state index in [-0.39, 0.29) is 24.6 Å². The molecule has 1 aromatic carbocycles. The molecule has 0 bridgehead atoms. The predicted octanol–water partition coefficient (Wildman–Crippen LogP) is 2.36. The molecule has 11 nitrogen and oxygen atoms in total. The van der Waals surface area contributed by atoms with Crippen molar-refractivity contribution < 1.29 is 13.9 Å². The van der Waals surface area contributed by atoms with Crippen molar-refractivity contribution >= 4 is 11.6 Å². The number of benzene rings is 1. The lowest BCUT2D eigenvalue weighted by Crippen LogP contribution is -2.38. The van der Waals surface area contributed by atoms with E-state index < -0.39 is 6.04 Å². The van der Waals surface area contributed by atoms with E-state index in [1.54, 1.807) is 41.8 Å². The number of nitrogens with zero attached hydrogens (tertiary/aromatic N) is 6. The number of fused-ring (bicyclic) bond motifs is 1. The Morgan fingerprint density at radius 2 is 1.89 bits per heavy atom. The molecule has 5 rings (SSSR count). The number of hydrogen-bond donors (Lipinski definition) is 1. The average Bonchev–Trinajstić information content (AvgIpc) is 3.57. The van der Waals surface area contributed by atoms with Crippen LogP contribution in [-0.4, -0.2) is 48.7 Å². The van der Waals surface area contributed by atoms with Gasteiger partial charge in [-0.15, -0.1) is 15.3 Å². The highest BCUT2D eigenvalue weighted by molar-refractivity contribution is 5.79. The Labute approximate surface area is 199 Å². The third-order valence-corrected chi connectivity index (χ3v) is 5.27. The minimum atomic E-state index is -0.822. The van der Waals surface area contributed by atoms with E-state index in [1.165, 1.54) is 12.3 Å². The molecule has 4 aromatic heterocycles. The largest absolute Gasteiger partial charge is 0.475 e. The number of rotatable bonds is 8. The van der Waals surface area contributed by atoms with Gasteiger partial charge in [-0.05, 0) is 31.2 Å². The van der Waals surface area contributed by atoms with Crippen molar-refractivity contribution in [2.75, 3.05) is 13.2 Å². The molecule has 1 unspecified atom stereocenters. The molecule has 0 aliphatic carbocycles. The molecule has 176 valence electrons. The number of ether oxygens (including phenoxy) is 1. The SMILES string of the molecule is CC(C(=O)NCCOc1ccc2nnc(-c3ccccc3)n2n1)n1nc(-c2ccco2)ccc1=O. The van der Waals surface area contributed by atoms with Gasteiger partial charge in [0.15, 0.2) is 17.2 Å². The predicted molar refractivity (Wildman–Crippen MR) is 126 cm³/mol. The summed E-state index contributed by atoms with van der Waals surface area (Å²) in [6.45, 7) is 1.99. The highest BCUT2D eigenvalue weighted by Gasteiger charge is 2.18. The summed E-state index contributed by atoms with van der Waals surface area (Å²) in [5, 5.41) is 19.8. The van der Waals surface area contributed by atoms with Crippen LogP contribution in [0, 0.1) is 0 Å². The molecule has 1 N–H and O–H groups in total. The van der Waals surface area contributed by atoms with Crippen molar-refractivity contribution in [3.63, 3.8) is 0 Å². The number of furan rings is 1. The smallest absolute Gasteiger partial charge is 0.267 e. The molecule has 0 aliphatic heterocycles. The van der Waals surface area contributed by atoms with E-state index >= 15 is 0 Å². The molecular formula is C24H21N7O4. The van der Waals surface area contributed by atoms with E-state index in [2.05, 4.69) is 25.7 Å². The van der Waals surface area contributed by atoms with Crippen LogP contribution in [0.2, 0.25) is 0 Å². The van der Waals surface area contributed by atoms with Crippen LogP contribution < -0.4 is 15.6 Å². The van der Waals surface area contributed by atoms with Crippen LogP contribution in [0.5, 0.6) is 5.88 Å². The topological polar surface area (TPSA) is 129 Å². The van der Waals surface area contributed by atoms with Gasteiger partial charge < -0.3 is 14.5 Å². The summed E-state index contributed by atoms with van der Waals surface area (Å²) in [6.07, 6.45) is 1.51. The molecule has 0 saturated carbocycles. The summed E-state index contributed by atoms with van der Waals surface area (Å²) in [7, 11) is 0. The van der Waals surface area contributed by atoms with Gasteiger partial charge >= 0.3 is 0 Å². The van der Waals surface area contributed by atoms with Crippen molar-refractivity contribution in [2.45, 2.75) is 13.0 Å². The fraction of sp³-hybridized carbons (Fsp3) is 0.167. The van der Waals surface area contributed by atoms with E-state index in [4.69, 9.17) is 9.15 Å². The maximum atomic E-state index is 12.6. The van der Waals surface area contributed by atoms with Crippen LogP contribution in [0.25, 0.3) is 28.5 Å². The summed E-state index contributed by atoms with van der Waals surface area (Å²) in [4.78, 5) is 24.9. The number of carbonyl (C=O) groups is 1. The fourth-order valence-electron chi connectivity index (χ4n) is 3.46. The van der Waals surface area contributed by atoms with Gasteiger partial charge in [0.05, 0.1) is 12.8 Å². The molecule has 0 aliphatic rings. The summed E-state index contributed by atoms with van der Waals surface area (Å²) in [5.74, 6) is 1.10. The highest BCUT2D eigenvalue weighted by Crippen LogP contribution is 2.19. The van der Waals surface area contributed by atoms with Crippen LogP contribution in [-0.2, 0) is 4.79 Å². The van der Waals surface area contributed by atoms with Gasteiger partial charge in [0, 0.05) is 17.7 Å². The summed E-state index contributed by atoms with van der Waals surface area (Å²) < 4.78 is 13.8. The number of carbonyl (C=O) groups excluding carboxylic acids is 1. The molecule has 1 atom stereocenters. The molecule has 0 spiro atoms. The first kappa shape index (κ1) is 22.0. The first-order chi connectivity index (χ1) is 17.1. The second-order valence-corrected chi connectivity index (χ2v) is 7.63. The number of amides is 1. The van der Waals surface area contributed by atoms with E-state index in [1.807, 2.05) is 30.3 Å². The molecule has 0 saturated heterocycles. The highest BCUT2D eigenvalue weighted by atomic mass is 16.5. The van der Waals surface area contributed by atoms with Gasteiger partial charge in [-0.2, -0.15) is 9.61 Å². The normalized spacial score (nSPS) is 11.9. The Morgan fingerprint density at radius 1 is 1.03 bits per heavy atom. The summed E-state index contributed by atoms with van der Waals surface area (Å²) in [5.41, 5.74) is 1.54. The second kappa shape index (κ2) is 9.59. The van der Waals surface area contributed by atoms with E-state index in [9.17, 15) is 9.59 Å². The van der Waals surface area contributed by atoms with Crippen molar-refractivity contribution in [3.05, 3.63) is 83.3 Å². The lowest BCUT2D eigenvalue weighted by Gasteiger charge is -2.14. The molecule has 11 heteroatoms. The van der Waals surface area contributed by atoms with Gasteiger partial charge in [0.2, 0.25) is 11.8 Å².